The maximum absolute atomic E-state index is 12.3. The summed E-state index contributed by atoms with van der Waals surface area (Å²) in [5, 5.41) is 4.38. The van der Waals surface area contributed by atoms with Gasteiger partial charge in [-0.25, -0.2) is 18.1 Å². The fourth-order valence-electron chi connectivity index (χ4n) is 1.96. The lowest BCUT2D eigenvalue weighted by molar-refractivity contribution is 0.595. The largest absolute Gasteiger partial charge is 0.291 e. The predicted molar refractivity (Wildman–Crippen MR) is 84.3 cm³/mol. The molecule has 0 radical (unpaired) electrons. The van der Waals surface area contributed by atoms with Crippen LogP contribution in [0.1, 0.15) is 5.56 Å². The Kier molecular flexibility index (Phi) is 4.01. The van der Waals surface area contributed by atoms with Crippen LogP contribution in [-0.4, -0.2) is 28.2 Å². The van der Waals surface area contributed by atoms with Gasteiger partial charge >= 0.3 is 0 Å². The number of halogens is 1. The van der Waals surface area contributed by atoms with E-state index < -0.39 is 21.1 Å². The van der Waals surface area contributed by atoms with Crippen LogP contribution in [0.2, 0.25) is 5.02 Å². The molecule has 23 heavy (non-hydrogen) atoms. The van der Waals surface area contributed by atoms with Gasteiger partial charge in [0.25, 0.3) is 5.56 Å². The van der Waals surface area contributed by atoms with Crippen LogP contribution < -0.4 is 5.56 Å². The van der Waals surface area contributed by atoms with Crippen molar-refractivity contribution >= 4 is 21.4 Å². The van der Waals surface area contributed by atoms with Crippen molar-refractivity contribution in [2.75, 3.05) is 0 Å². The highest BCUT2D eigenvalue weighted by Gasteiger charge is 2.18. The zero-order valence-corrected chi connectivity index (χ0v) is 13.3. The molecule has 0 spiro atoms. The molecule has 1 N–H and O–H groups in total. The SMILES string of the molecule is O=c1[nH]c(-n2cccn2)ncc1CS(=O)(=O)c1ccc(Cl)cc1. The molecular formula is C14H11ClN4O3S. The third kappa shape index (κ3) is 3.33. The predicted octanol–water partition coefficient (Wildman–Crippen LogP) is 1.58. The molecule has 0 unspecified atom stereocenters. The van der Waals surface area contributed by atoms with Crippen LogP contribution in [0.25, 0.3) is 5.95 Å². The van der Waals surface area contributed by atoms with Crippen molar-refractivity contribution in [3.05, 3.63) is 69.9 Å². The highest BCUT2D eigenvalue weighted by molar-refractivity contribution is 7.90. The standard InChI is InChI=1S/C14H11ClN4O3S/c15-11-2-4-12(5-3-11)23(21,22)9-10-8-16-14(18-13(10)20)19-7-1-6-17-19/h1-8H,9H2,(H,16,18,20). The van der Waals surface area contributed by atoms with E-state index in [9.17, 15) is 13.2 Å². The van der Waals surface area contributed by atoms with Crippen molar-refractivity contribution in [1.82, 2.24) is 19.7 Å². The van der Waals surface area contributed by atoms with Gasteiger partial charge < -0.3 is 0 Å². The van der Waals surface area contributed by atoms with Crippen molar-refractivity contribution in [1.29, 1.82) is 0 Å². The Labute approximate surface area is 136 Å². The van der Waals surface area contributed by atoms with E-state index in [1.165, 1.54) is 35.1 Å². The number of nitrogens with zero attached hydrogens (tertiary/aromatic N) is 3. The zero-order chi connectivity index (χ0) is 16.4. The summed E-state index contributed by atoms with van der Waals surface area (Å²) < 4.78 is 26.0. The monoisotopic (exact) mass is 350 g/mol. The molecule has 0 aliphatic heterocycles. The summed E-state index contributed by atoms with van der Waals surface area (Å²) in [6.07, 6.45) is 4.39. The summed E-state index contributed by atoms with van der Waals surface area (Å²) in [6.45, 7) is 0. The Balaban J connectivity index is 1.91. The van der Waals surface area contributed by atoms with Crippen LogP contribution in [0, 0.1) is 0 Å². The molecule has 0 atom stereocenters. The molecule has 3 rings (SSSR count). The molecule has 0 saturated heterocycles. The molecular weight excluding hydrogens is 340 g/mol. The molecule has 0 aliphatic carbocycles. The first-order valence-electron chi connectivity index (χ1n) is 6.52. The number of hydrogen-bond donors (Lipinski definition) is 1. The first-order chi connectivity index (χ1) is 11.0. The first-order valence-corrected chi connectivity index (χ1v) is 8.55. The van der Waals surface area contributed by atoms with Gasteiger partial charge in [0, 0.05) is 23.6 Å². The van der Waals surface area contributed by atoms with E-state index in [-0.39, 0.29) is 16.4 Å². The molecule has 0 saturated carbocycles. The van der Waals surface area contributed by atoms with Gasteiger partial charge in [0.15, 0.2) is 9.84 Å². The topological polar surface area (TPSA) is 97.7 Å². The first kappa shape index (κ1) is 15.4. The minimum atomic E-state index is -3.66. The lowest BCUT2D eigenvalue weighted by atomic mass is 10.4. The zero-order valence-electron chi connectivity index (χ0n) is 11.7. The smallest absolute Gasteiger partial charge is 0.256 e. The van der Waals surface area contributed by atoms with E-state index in [0.29, 0.717) is 5.02 Å². The van der Waals surface area contributed by atoms with Gasteiger partial charge in [-0.1, -0.05) is 11.6 Å². The minimum absolute atomic E-state index is 0.0517. The quantitative estimate of drug-likeness (QED) is 0.770. The normalized spacial score (nSPS) is 11.5. The van der Waals surface area contributed by atoms with Gasteiger partial charge in [-0.2, -0.15) is 5.10 Å². The van der Waals surface area contributed by atoms with Crippen molar-refractivity contribution in [2.45, 2.75) is 10.6 Å². The third-order valence-corrected chi connectivity index (χ3v) is 5.03. The number of rotatable bonds is 4. The summed E-state index contributed by atoms with van der Waals surface area (Å²) in [7, 11) is -3.66. The lowest BCUT2D eigenvalue weighted by Crippen LogP contribution is -2.20. The lowest BCUT2D eigenvalue weighted by Gasteiger charge is -2.05. The van der Waals surface area contributed by atoms with Gasteiger partial charge in [-0.3, -0.25) is 9.78 Å². The molecule has 9 heteroatoms. The van der Waals surface area contributed by atoms with E-state index in [4.69, 9.17) is 11.6 Å². The molecule has 1 aromatic carbocycles. The molecule has 2 heterocycles. The highest BCUT2D eigenvalue weighted by atomic mass is 35.5. The summed E-state index contributed by atoms with van der Waals surface area (Å²) in [4.78, 5) is 18.7. The number of hydrogen-bond acceptors (Lipinski definition) is 5. The second kappa shape index (κ2) is 5.98. The Morgan fingerprint density at radius 2 is 1.96 bits per heavy atom. The molecule has 0 bridgehead atoms. The van der Waals surface area contributed by atoms with Crippen LogP contribution in [0.5, 0.6) is 0 Å². The molecule has 0 fully saturated rings. The van der Waals surface area contributed by atoms with Crippen molar-refractivity contribution < 1.29 is 8.42 Å². The molecule has 0 amide bonds. The third-order valence-electron chi connectivity index (χ3n) is 3.10. The summed E-state index contributed by atoms with van der Waals surface area (Å²) >= 11 is 5.75. The van der Waals surface area contributed by atoms with E-state index >= 15 is 0 Å². The van der Waals surface area contributed by atoms with E-state index in [0.717, 1.165) is 0 Å². The average molecular weight is 351 g/mol. The number of aromatic nitrogens is 4. The Morgan fingerprint density at radius 1 is 1.22 bits per heavy atom. The van der Waals surface area contributed by atoms with Crippen molar-refractivity contribution in [2.24, 2.45) is 0 Å². The molecule has 3 aromatic rings. The van der Waals surface area contributed by atoms with Crippen LogP contribution in [-0.2, 0) is 15.6 Å². The second-order valence-electron chi connectivity index (χ2n) is 4.72. The van der Waals surface area contributed by atoms with Gasteiger partial charge in [-0.15, -0.1) is 0 Å². The molecule has 7 nitrogen and oxygen atoms in total. The molecule has 0 aliphatic rings. The fourth-order valence-corrected chi connectivity index (χ4v) is 3.41. The van der Waals surface area contributed by atoms with E-state index in [1.54, 1.807) is 18.5 Å². The van der Waals surface area contributed by atoms with Gasteiger partial charge in [0.1, 0.15) is 0 Å². The Morgan fingerprint density at radius 3 is 2.57 bits per heavy atom. The van der Waals surface area contributed by atoms with E-state index in [2.05, 4.69) is 15.1 Å². The van der Waals surface area contributed by atoms with Crippen LogP contribution in [0.15, 0.2) is 58.6 Å². The summed E-state index contributed by atoms with van der Waals surface area (Å²) in [6, 6.07) is 7.45. The number of sulfone groups is 1. The molecule has 118 valence electrons. The van der Waals surface area contributed by atoms with Crippen molar-refractivity contribution in [3.63, 3.8) is 0 Å². The van der Waals surface area contributed by atoms with Gasteiger partial charge in [0.05, 0.1) is 16.2 Å². The molecule has 2 aromatic heterocycles. The summed E-state index contributed by atoms with van der Waals surface area (Å²) in [5.41, 5.74) is -0.473. The highest BCUT2D eigenvalue weighted by Crippen LogP contribution is 2.17. The summed E-state index contributed by atoms with van der Waals surface area (Å²) in [5.74, 6) is -0.233. The van der Waals surface area contributed by atoms with Crippen LogP contribution in [0.4, 0.5) is 0 Å². The van der Waals surface area contributed by atoms with Gasteiger partial charge in [-0.05, 0) is 30.3 Å². The fraction of sp³-hybridized carbons (Fsp3) is 0.0714. The number of benzene rings is 1. The Bertz CT molecular complexity index is 980. The second-order valence-corrected chi connectivity index (χ2v) is 7.15. The Hall–Kier alpha value is -2.45. The van der Waals surface area contributed by atoms with E-state index in [1.807, 2.05) is 0 Å². The van der Waals surface area contributed by atoms with Crippen LogP contribution in [0.3, 0.4) is 0 Å². The van der Waals surface area contributed by atoms with Crippen LogP contribution >= 0.6 is 11.6 Å². The maximum Gasteiger partial charge on any atom is 0.256 e. The number of H-pyrrole nitrogens is 1. The average Bonchev–Trinajstić information content (AvgIpc) is 3.04. The van der Waals surface area contributed by atoms with Crippen molar-refractivity contribution in [3.8, 4) is 5.95 Å². The number of nitrogens with one attached hydrogen (secondary N) is 1. The minimum Gasteiger partial charge on any atom is -0.291 e. The number of aromatic amines is 1. The van der Waals surface area contributed by atoms with Gasteiger partial charge in [0.2, 0.25) is 5.95 Å². The maximum atomic E-state index is 12.3.